The summed E-state index contributed by atoms with van der Waals surface area (Å²) >= 11 is 3.01. The Labute approximate surface area is 159 Å². The van der Waals surface area contributed by atoms with Gasteiger partial charge in [0.05, 0.1) is 5.75 Å². The van der Waals surface area contributed by atoms with Crippen LogP contribution in [0.5, 0.6) is 0 Å². The Morgan fingerprint density at radius 3 is 2.88 bits per heavy atom. The Morgan fingerprint density at radius 1 is 1.35 bits per heavy atom. The highest BCUT2D eigenvalue weighted by atomic mass is 32.2. The number of benzene rings is 1. The van der Waals surface area contributed by atoms with Crippen molar-refractivity contribution in [3.8, 4) is 0 Å². The van der Waals surface area contributed by atoms with Gasteiger partial charge in [0, 0.05) is 23.5 Å². The van der Waals surface area contributed by atoms with E-state index in [0.29, 0.717) is 16.4 Å². The number of rotatable bonds is 7. The molecule has 1 aromatic carbocycles. The Hall–Kier alpha value is -2.19. The number of hydrogen-bond donors (Lipinski definition) is 1. The van der Waals surface area contributed by atoms with Crippen LogP contribution in [0.3, 0.4) is 0 Å². The molecule has 0 unspecified atom stereocenters. The van der Waals surface area contributed by atoms with Crippen LogP contribution in [-0.2, 0) is 17.8 Å². The van der Waals surface area contributed by atoms with E-state index < -0.39 is 0 Å². The summed E-state index contributed by atoms with van der Waals surface area (Å²) in [5.74, 6) is 0.536. The fourth-order valence-corrected chi connectivity index (χ4v) is 3.96. The van der Waals surface area contributed by atoms with E-state index >= 15 is 0 Å². The number of nitrogens with one attached hydrogen (secondary N) is 1. The molecule has 5 nitrogen and oxygen atoms in total. The molecule has 0 atom stereocenters. The van der Waals surface area contributed by atoms with Gasteiger partial charge in [0.1, 0.15) is 11.6 Å². The second-order valence-corrected chi connectivity index (χ2v) is 7.67. The Bertz CT molecular complexity index is 893. The number of aromatic nitrogens is 3. The average molecular weight is 391 g/mol. The van der Waals surface area contributed by atoms with E-state index in [2.05, 4.69) is 21.6 Å². The minimum Gasteiger partial charge on any atom is -0.325 e. The molecule has 8 heteroatoms. The average Bonchev–Trinajstić information content (AvgIpc) is 3.26. The molecule has 1 amide bonds. The van der Waals surface area contributed by atoms with Gasteiger partial charge in [0.2, 0.25) is 5.91 Å². The Morgan fingerprint density at radius 2 is 2.19 bits per heavy atom. The number of nitrogens with zero attached hydrogens (tertiary/aromatic N) is 3. The van der Waals surface area contributed by atoms with E-state index in [9.17, 15) is 9.18 Å². The zero-order chi connectivity index (χ0) is 18.5. The van der Waals surface area contributed by atoms with Crippen molar-refractivity contribution in [3.63, 3.8) is 0 Å². The fourth-order valence-electron chi connectivity index (χ4n) is 2.44. The van der Waals surface area contributed by atoms with Crippen LogP contribution in [0, 0.1) is 12.7 Å². The number of halogens is 1. The van der Waals surface area contributed by atoms with Crippen molar-refractivity contribution >= 4 is 34.7 Å². The second-order valence-electron chi connectivity index (χ2n) is 5.70. The summed E-state index contributed by atoms with van der Waals surface area (Å²) in [7, 11) is 0. The number of anilines is 1. The minimum absolute atomic E-state index is 0.187. The number of hydrogen-bond acceptors (Lipinski definition) is 5. The predicted octanol–water partition coefficient (Wildman–Crippen LogP) is 4.13. The summed E-state index contributed by atoms with van der Waals surface area (Å²) in [5, 5.41) is 13.9. The Kier molecular flexibility index (Phi) is 6.05. The number of carbonyl (C=O) groups is 1. The van der Waals surface area contributed by atoms with E-state index in [4.69, 9.17) is 0 Å². The molecule has 1 N–H and O–H groups in total. The SMILES string of the molecule is CCn1c(Cc2cccs2)nnc1SCC(=O)Nc1ccc(C)c(F)c1. The first-order valence-electron chi connectivity index (χ1n) is 8.20. The van der Waals surface area contributed by atoms with Crippen LogP contribution in [0.1, 0.15) is 23.2 Å². The monoisotopic (exact) mass is 390 g/mol. The van der Waals surface area contributed by atoms with Gasteiger partial charge in [-0.1, -0.05) is 23.9 Å². The molecule has 0 aliphatic carbocycles. The molecule has 0 saturated heterocycles. The lowest BCUT2D eigenvalue weighted by Crippen LogP contribution is -2.15. The lowest BCUT2D eigenvalue weighted by molar-refractivity contribution is -0.113. The van der Waals surface area contributed by atoms with Crippen molar-refractivity contribution in [1.82, 2.24) is 14.8 Å². The zero-order valence-electron chi connectivity index (χ0n) is 14.5. The Balaban J connectivity index is 1.61. The van der Waals surface area contributed by atoms with Crippen LogP contribution in [0.2, 0.25) is 0 Å². The van der Waals surface area contributed by atoms with Gasteiger partial charge in [-0.2, -0.15) is 0 Å². The highest BCUT2D eigenvalue weighted by Crippen LogP contribution is 2.21. The van der Waals surface area contributed by atoms with Crippen LogP contribution in [0.25, 0.3) is 0 Å². The van der Waals surface area contributed by atoms with E-state index in [1.165, 1.54) is 22.7 Å². The number of thioether (sulfide) groups is 1. The molecule has 2 aromatic heterocycles. The summed E-state index contributed by atoms with van der Waals surface area (Å²) in [5.41, 5.74) is 1.00. The first kappa shape index (κ1) is 18.6. The first-order chi connectivity index (χ1) is 12.6. The van der Waals surface area contributed by atoms with E-state index in [-0.39, 0.29) is 17.5 Å². The van der Waals surface area contributed by atoms with E-state index in [1.807, 2.05) is 22.9 Å². The maximum Gasteiger partial charge on any atom is 0.234 e. The molecule has 2 heterocycles. The zero-order valence-corrected chi connectivity index (χ0v) is 16.2. The molecule has 26 heavy (non-hydrogen) atoms. The third-order valence-electron chi connectivity index (χ3n) is 3.81. The fraction of sp³-hybridized carbons (Fsp3) is 0.278. The molecule has 0 spiro atoms. The van der Waals surface area contributed by atoms with E-state index in [1.54, 1.807) is 30.4 Å². The van der Waals surface area contributed by atoms with Crippen LogP contribution in [0.15, 0.2) is 40.9 Å². The molecule has 3 aromatic rings. The maximum atomic E-state index is 13.6. The topological polar surface area (TPSA) is 59.8 Å². The summed E-state index contributed by atoms with van der Waals surface area (Å²) in [6.45, 7) is 4.45. The van der Waals surface area contributed by atoms with Gasteiger partial charge < -0.3 is 9.88 Å². The summed E-state index contributed by atoms with van der Waals surface area (Å²) < 4.78 is 15.6. The van der Waals surface area contributed by atoms with Gasteiger partial charge in [-0.05, 0) is 43.0 Å². The smallest absolute Gasteiger partial charge is 0.234 e. The molecule has 136 valence electrons. The predicted molar refractivity (Wildman–Crippen MR) is 103 cm³/mol. The number of amides is 1. The molecule has 0 bridgehead atoms. The van der Waals surface area contributed by atoms with Gasteiger partial charge in [0.25, 0.3) is 0 Å². The molecule has 0 fully saturated rings. The van der Waals surface area contributed by atoms with Crippen molar-refractivity contribution in [3.05, 3.63) is 57.8 Å². The van der Waals surface area contributed by atoms with Gasteiger partial charge in [-0.3, -0.25) is 4.79 Å². The summed E-state index contributed by atoms with van der Waals surface area (Å²) in [6, 6.07) is 8.74. The van der Waals surface area contributed by atoms with Gasteiger partial charge >= 0.3 is 0 Å². The van der Waals surface area contributed by atoms with Crippen LogP contribution >= 0.6 is 23.1 Å². The lowest BCUT2D eigenvalue weighted by atomic mass is 10.2. The minimum atomic E-state index is -0.334. The quantitative estimate of drug-likeness (QED) is 0.616. The standard InChI is InChI=1S/C18H19FN4OS2/c1-3-23-16(10-14-5-4-8-25-14)21-22-18(23)26-11-17(24)20-13-7-6-12(2)15(19)9-13/h4-9H,3,10-11H2,1-2H3,(H,20,24). The van der Waals surface area contributed by atoms with Gasteiger partial charge in [-0.15, -0.1) is 21.5 Å². The van der Waals surface area contributed by atoms with Crippen LogP contribution in [0.4, 0.5) is 10.1 Å². The largest absolute Gasteiger partial charge is 0.325 e. The number of carbonyl (C=O) groups excluding carboxylic acids is 1. The van der Waals surface area contributed by atoms with E-state index in [0.717, 1.165) is 18.8 Å². The highest BCUT2D eigenvalue weighted by molar-refractivity contribution is 7.99. The van der Waals surface area contributed by atoms with Crippen LogP contribution < -0.4 is 5.32 Å². The van der Waals surface area contributed by atoms with Crippen molar-refractivity contribution in [2.75, 3.05) is 11.1 Å². The lowest BCUT2D eigenvalue weighted by Gasteiger charge is -2.08. The number of aryl methyl sites for hydroxylation is 1. The first-order valence-corrected chi connectivity index (χ1v) is 10.1. The second kappa shape index (κ2) is 8.46. The summed E-state index contributed by atoms with van der Waals surface area (Å²) in [4.78, 5) is 13.4. The third-order valence-corrected chi connectivity index (χ3v) is 5.65. The van der Waals surface area contributed by atoms with Gasteiger partial charge in [-0.25, -0.2) is 4.39 Å². The molecular formula is C18H19FN4OS2. The van der Waals surface area contributed by atoms with Crippen molar-refractivity contribution < 1.29 is 9.18 Å². The molecular weight excluding hydrogens is 371 g/mol. The molecule has 0 aliphatic rings. The van der Waals surface area contributed by atoms with Crippen molar-refractivity contribution in [2.45, 2.75) is 32.0 Å². The van der Waals surface area contributed by atoms with Gasteiger partial charge in [0.15, 0.2) is 5.16 Å². The van der Waals surface area contributed by atoms with Crippen LogP contribution in [-0.4, -0.2) is 26.4 Å². The molecule has 0 radical (unpaired) electrons. The molecule has 0 saturated carbocycles. The summed E-state index contributed by atoms with van der Waals surface area (Å²) in [6.07, 6.45) is 0.730. The van der Waals surface area contributed by atoms with Crippen molar-refractivity contribution in [2.24, 2.45) is 0 Å². The highest BCUT2D eigenvalue weighted by Gasteiger charge is 2.14. The maximum absolute atomic E-state index is 13.6. The molecule has 0 aliphatic heterocycles. The van der Waals surface area contributed by atoms with Crippen molar-refractivity contribution in [1.29, 1.82) is 0 Å². The third kappa shape index (κ3) is 4.50. The number of thiophene rings is 1. The normalized spacial score (nSPS) is 10.9. The molecule has 3 rings (SSSR count).